The van der Waals surface area contributed by atoms with Crippen molar-refractivity contribution in [2.24, 2.45) is 0 Å². The van der Waals surface area contributed by atoms with Gasteiger partial charge in [-0.15, -0.1) is 0 Å². The van der Waals surface area contributed by atoms with Crippen LogP contribution < -0.4 is 0 Å². The molecule has 0 aliphatic rings. The second-order valence-electron chi connectivity index (χ2n) is 2.70. The molecule has 1 N–H and O–H groups in total. The molecule has 0 rings (SSSR count). The largest absolute Gasteiger partial charge is 0.373 e. The van der Waals surface area contributed by atoms with Gasteiger partial charge in [0.25, 0.3) is 5.08 Å². The average molecular weight is 262 g/mol. The minimum absolute atomic E-state index is 1.01. The minimum atomic E-state index is -4.00. The first-order valence-electron chi connectivity index (χ1n) is 3.90. The van der Waals surface area contributed by atoms with E-state index in [0.29, 0.717) is 0 Å². The van der Waals surface area contributed by atoms with Gasteiger partial charge in [0.05, 0.1) is 0 Å². The summed E-state index contributed by atoms with van der Waals surface area (Å²) in [7, 11) is -3.74. The maximum atomic E-state index is 11.9. The third-order valence-electron chi connectivity index (χ3n) is 2.00. The van der Waals surface area contributed by atoms with Gasteiger partial charge < -0.3 is 23.2 Å². The van der Waals surface area contributed by atoms with Gasteiger partial charge in [0.1, 0.15) is 0 Å². The van der Waals surface area contributed by atoms with E-state index in [1.54, 1.807) is 0 Å². The molecule has 0 unspecified atom stereocenters. The van der Waals surface area contributed by atoms with Crippen molar-refractivity contribution in [1.29, 1.82) is 0 Å². The summed E-state index contributed by atoms with van der Waals surface area (Å²) in [5.74, 6) is 0. The molecule has 0 aromatic rings. The lowest BCUT2D eigenvalue weighted by Gasteiger charge is -2.33. The zero-order chi connectivity index (χ0) is 12.3. The van der Waals surface area contributed by atoms with E-state index >= 15 is 0 Å². The molecule has 92 valence electrons. The zero-order valence-corrected chi connectivity index (χ0v) is 11.1. The first-order valence-corrected chi connectivity index (χ1v) is 6.98. The Kier molecular flexibility index (Phi) is 5.15. The van der Waals surface area contributed by atoms with Crippen molar-refractivity contribution in [3.05, 3.63) is 0 Å². The summed E-state index contributed by atoms with van der Waals surface area (Å²) < 4.78 is 42.0. The Hall–Kier alpha value is 0.260. The van der Waals surface area contributed by atoms with E-state index in [1.165, 1.54) is 0 Å². The lowest BCUT2D eigenvalue weighted by molar-refractivity contribution is 0.116. The predicted molar refractivity (Wildman–Crippen MR) is 53.9 cm³/mol. The van der Waals surface area contributed by atoms with Crippen LogP contribution in [0.5, 0.6) is 0 Å². The van der Waals surface area contributed by atoms with Gasteiger partial charge in [0.2, 0.25) is 0 Å². The standard InChI is InChI=1S/C6H16O7P2/c1-6(7,14(8,10-2)11-3)15(9,12-4)13-5/h7H,1-5H3. The summed E-state index contributed by atoms with van der Waals surface area (Å²) in [6.45, 7) is 1.01. The maximum absolute atomic E-state index is 11.9. The molecule has 15 heavy (non-hydrogen) atoms. The van der Waals surface area contributed by atoms with Crippen molar-refractivity contribution >= 4 is 15.2 Å². The number of aliphatic hydroxyl groups is 1. The van der Waals surface area contributed by atoms with Crippen LogP contribution in [0.15, 0.2) is 0 Å². The Morgan fingerprint density at radius 1 is 0.867 bits per heavy atom. The Labute approximate surface area is 88.7 Å². The quantitative estimate of drug-likeness (QED) is 0.727. The van der Waals surface area contributed by atoms with Crippen molar-refractivity contribution in [3.63, 3.8) is 0 Å². The van der Waals surface area contributed by atoms with Crippen molar-refractivity contribution < 1.29 is 32.3 Å². The molecule has 0 heterocycles. The molecule has 0 saturated heterocycles. The monoisotopic (exact) mass is 262 g/mol. The van der Waals surface area contributed by atoms with Crippen molar-refractivity contribution in [1.82, 2.24) is 0 Å². The Bertz CT molecular complexity index is 256. The summed E-state index contributed by atoms with van der Waals surface area (Å²) in [4.78, 5) is 0. The van der Waals surface area contributed by atoms with Gasteiger partial charge in [-0.1, -0.05) is 0 Å². The highest BCUT2D eigenvalue weighted by Crippen LogP contribution is 2.75. The molecule has 0 aromatic heterocycles. The smallest absolute Gasteiger partial charge is 0.368 e. The van der Waals surface area contributed by atoms with E-state index < -0.39 is 20.3 Å². The van der Waals surface area contributed by atoms with Gasteiger partial charge in [0, 0.05) is 28.4 Å². The van der Waals surface area contributed by atoms with Gasteiger partial charge >= 0.3 is 15.2 Å². The molecule has 0 amide bonds. The maximum Gasteiger partial charge on any atom is 0.373 e. The highest BCUT2D eigenvalue weighted by Gasteiger charge is 2.60. The van der Waals surface area contributed by atoms with Gasteiger partial charge in [-0.3, -0.25) is 9.13 Å². The van der Waals surface area contributed by atoms with Crippen LogP contribution in [0.2, 0.25) is 0 Å². The van der Waals surface area contributed by atoms with E-state index in [2.05, 4.69) is 18.1 Å². The van der Waals surface area contributed by atoms with E-state index in [9.17, 15) is 14.2 Å². The van der Waals surface area contributed by atoms with Crippen LogP contribution in [0.3, 0.4) is 0 Å². The lowest BCUT2D eigenvalue weighted by atomic mass is 10.9. The summed E-state index contributed by atoms with van der Waals surface area (Å²) >= 11 is 0. The average Bonchev–Trinajstić information content (AvgIpc) is 2.26. The number of hydrogen-bond donors (Lipinski definition) is 1. The van der Waals surface area contributed by atoms with Crippen LogP contribution in [0.1, 0.15) is 6.92 Å². The first kappa shape index (κ1) is 15.3. The van der Waals surface area contributed by atoms with Gasteiger partial charge in [-0.05, 0) is 6.92 Å². The van der Waals surface area contributed by atoms with Crippen LogP contribution >= 0.6 is 15.2 Å². The molecule has 0 aliphatic carbocycles. The van der Waals surface area contributed by atoms with E-state index in [-0.39, 0.29) is 0 Å². The fourth-order valence-corrected chi connectivity index (χ4v) is 4.85. The van der Waals surface area contributed by atoms with E-state index in [0.717, 1.165) is 35.4 Å². The molecular weight excluding hydrogens is 246 g/mol. The summed E-state index contributed by atoms with van der Waals surface area (Å²) in [6, 6.07) is 0. The number of rotatable bonds is 6. The van der Waals surface area contributed by atoms with Crippen LogP contribution in [0, 0.1) is 0 Å². The van der Waals surface area contributed by atoms with Crippen LogP contribution in [0.4, 0.5) is 0 Å². The summed E-state index contributed by atoms with van der Waals surface area (Å²) in [6.07, 6.45) is 0. The van der Waals surface area contributed by atoms with Crippen LogP contribution in [-0.4, -0.2) is 38.6 Å². The van der Waals surface area contributed by atoms with Crippen molar-refractivity contribution in [3.8, 4) is 0 Å². The fraction of sp³-hybridized carbons (Fsp3) is 1.00. The first-order chi connectivity index (χ1) is 6.74. The highest BCUT2D eigenvalue weighted by molar-refractivity contribution is 7.73. The Balaban J connectivity index is 5.47. The molecule has 0 atom stereocenters. The minimum Gasteiger partial charge on any atom is -0.368 e. The molecular formula is C6H16O7P2. The molecule has 0 bridgehead atoms. The van der Waals surface area contributed by atoms with Gasteiger partial charge in [-0.2, -0.15) is 0 Å². The second-order valence-corrected chi connectivity index (χ2v) is 8.24. The lowest BCUT2D eigenvalue weighted by Crippen LogP contribution is -2.27. The second kappa shape index (κ2) is 5.06. The molecule has 0 spiro atoms. The number of hydrogen-bond acceptors (Lipinski definition) is 7. The SMILES string of the molecule is COP(=O)(OC)C(C)(O)P(=O)(OC)OC. The van der Waals surface area contributed by atoms with Crippen LogP contribution in [-0.2, 0) is 27.2 Å². The Morgan fingerprint density at radius 2 is 1.07 bits per heavy atom. The molecule has 0 saturated carbocycles. The molecule has 0 aromatic carbocycles. The topological polar surface area (TPSA) is 91.3 Å². The predicted octanol–water partition coefficient (Wildman–Crippen LogP) is 1.62. The third-order valence-corrected chi connectivity index (χ3v) is 7.47. The molecule has 7 nitrogen and oxygen atoms in total. The molecule has 0 aliphatic heterocycles. The normalized spacial score (nSPS) is 14.3. The molecule has 9 heteroatoms. The van der Waals surface area contributed by atoms with Crippen molar-refractivity contribution in [2.45, 2.75) is 12.0 Å². The van der Waals surface area contributed by atoms with E-state index in [1.807, 2.05) is 0 Å². The van der Waals surface area contributed by atoms with Crippen LogP contribution in [0.25, 0.3) is 0 Å². The summed E-state index contributed by atoms with van der Waals surface area (Å²) in [5, 5.41) is 7.56. The zero-order valence-electron chi connectivity index (χ0n) is 9.29. The summed E-state index contributed by atoms with van der Waals surface area (Å²) in [5.41, 5.74) is 0. The molecule has 0 radical (unpaired) electrons. The fourth-order valence-electron chi connectivity index (χ4n) is 0.991. The van der Waals surface area contributed by atoms with Gasteiger partial charge in [-0.25, -0.2) is 0 Å². The Morgan fingerprint density at radius 3 is 1.20 bits per heavy atom. The van der Waals surface area contributed by atoms with Crippen molar-refractivity contribution in [2.75, 3.05) is 28.4 Å². The molecule has 0 fully saturated rings. The van der Waals surface area contributed by atoms with Gasteiger partial charge in [0.15, 0.2) is 0 Å². The van der Waals surface area contributed by atoms with E-state index in [4.69, 9.17) is 0 Å². The third kappa shape index (κ3) is 2.34. The highest BCUT2D eigenvalue weighted by atomic mass is 31.2.